The number of carbonyl (C=O) groups is 9. The lowest BCUT2D eigenvalue weighted by molar-refractivity contribution is -0.158. The summed E-state index contributed by atoms with van der Waals surface area (Å²) in [7, 11) is 1.43. The van der Waals surface area contributed by atoms with E-state index < -0.39 is 119 Å². The first-order valence-corrected chi connectivity index (χ1v) is 23.4. The second-order valence-electron chi connectivity index (χ2n) is 18.5. The maximum absolute atomic E-state index is 14.6. The minimum atomic E-state index is -1.70. The Hall–Kier alpha value is -5.75. The molecule has 1 aromatic carbocycles. The second-order valence-corrected chi connectivity index (χ2v) is 18.5. The third-order valence-corrected chi connectivity index (χ3v) is 12.9. The molecule has 8 N–H and O–H groups in total. The summed E-state index contributed by atoms with van der Waals surface area (Å²) in [4.78, 5) is 129. The molecular weight excluding hydrogens is 853 g/mol. The summed E-state index contributed by atoms with van der Waals surface area (Å²) in [6.07, 6.45) is 0.0414. The van der Waals surface area contributed by atoms with E-state index >= 15 is 0 Å². The summed E-state index contributed by atoms with van der Waals surface area (Å²) in [5.41, 5.74) is 5.98. The van der Waals surface area contributed by atoms with E-state index in [2.05, 4.69) is 26.6 Å². The zero-order valence-electron chi connectivity index (χ0n) is 40.3. The number of carbonyl (C=O) groups excluding carboxylic acids is 9. The number of aromatic hydroxyl groups is 1. The molecule has 2 heterocycles. The highest BCUT2D eigenvalue weighted by atomic mass is 16.5. The number of hydrogen-bond acceptors (Lipinski definition) is 11. The van der Waals surface area contributed by atoms with Crippen LogP contribution in [0.4, 0.5) is 0 Å². The number of hydrogen-bond donors (Lipinski definition) is 7. The van der Waals surface area contributed by atoms with Crippen LogP contribution in [0.5, 0.6) is 5.75 Å². The van der Waals surface area contributed by atoms with Crippen LogP contribution in [0.15, 0.2) is 24.3 Å². The SMILES string of the molecule is CCC(C)C(=O)N[C@@H](CCC(N)=O)C(=O)N[C@@H]1C(=O)N[C@@H](CC(C)C)C(=O)N2CCCC2C(=O)NC(C(C)CC)C(=O)N(C)C(Cc2ccc(O)cc2)C(=O)N[C@@H](C(C)CC)C(=O)O[C@@H]1C. The van der Waals surface area contributed by atoms with E-state index in [9.17, 15) is 48.3 Å². The Labute approximate surface area is 388 Å². The lowest BCUT2D eigenvalue weighted by Crippen LogP contribution is -2.62. The smallest absolute Gasteiger partial charge is 0.329 e. The quantitative estimate of drug-likeness (QED) is 0.117. The van der Waals surface area contributed by atoms with Crippen molar-refractivity contribution in [2.24, 2.45) is 29.4 Å². The van der Waals surface area contributed by atoms with Gasteiger partial charge in [-0.05, 0) is 74.5 Å². The zero-order chi connectivity index (χ0) is 49.6. The van der Waals surface area contributed by atoms with Gasteiger partial charge in [-0.3, -0.25) is 38.4 Å². The van der Waals surface area contributed by atoms with Gasteiger partial charge in [-0.15, -0.1) is 0 Å². The molecule has 2 fully saturated rings. The van der Waals surface area contributed by atoms with Crippen molar-refractivity contribution in [2.45, 2.75) is 168 Å². The van der Waals surface area contributed by atoms with E-state index in [4.69, 9.17) is 10.5 Å². The molecule has 2 aliphatic rings. The number of likely N-dealkylation sites (N-methyl/N-ethyl adjacent to an activating group) is 1. The minimum absolute atomic E-state index is 0.0171. The van der Waals surface area contributed by atoms with Gasteiger partial charge in [-0.1, -0.05) is 80.4 Å². The highest BCUT2D eigenvalue weighted by Gasteiger charge is 2.44. The average molecular weight is 927 g/mol. The van der Waals surface area contributed by atoms with Crippen LogP contribution < -0.4 is 32.3 Å². The molecule has 0 aliphatic carbocycles. The number of nitrogens with zero attached hydrogens (tertiary/aromatic N) is 2. The molecule has 2 saturated heterocycles. The third kappa shape index (κ3) is 14.9. The number of primary amides is 1. The zero-order valence-corrected chi connectivity index (χ0v) is 40.3. The number of benzene rings is 1. The van der Waals surface area contributed by atoms with Crippen molar-refractivity contribution in [3.8, 4) is 5.75 Å². The van der Waals surface area contributed by atoms with Crippen molar-refractivity contribution in [3.05, 3.63) is 29.8 Å². The maximum atomic E-state index is 14.6. The molecule has 11 atom stereocenters. The Kier molecular flexibility index (Phi) is 20.9. The Morgan fingerprint density at radius 2 is 1.44 bits per heavy atom. The van der Waals surface area contributed by atoms with Gasteiger partial charge in [0.15, 0.2) is 0 Å². The molecule has 19 nitrogen and oxygen atoms in total. The number of nitrogens with two attached hydrogens (primary N) is 1. The lowest BCUT2D eigenvalue weighted by Gasteiger charge is -2.35. The molecule has 0 bridgehead atoms. The molecule has 3 rings (SSSR count). The molecule has 0 aromatic heterocycles. The Morgan fingerprint density at radius 3 is 2.02 bits per heavy atom. The van der Waals surface area contributed by atoms with E-state index in [0.717, 1.165) is 0 Å². The normalized spacial score (nSPS) is 25.7. The summed E-state index contributed by atoms with van der Waals surface area (Å²) in [5.74, 6) is -8.19. The number of cyclic esters (lactones) is 1. The maximum Gasteiger partial charge on any atom is 0.329 e. The Balaban J connectivity index is 2.24. The Bertz CT molecular complexity index is 1890. The van der Waals surface area contributed by atoms with Crippen LogP contribution in [-0.2, 0) is 54.3 Å². The van der Waals surface area contributed by atoms with Gasteiger partial charge >= 0.3 is 5.97 Å². The molecule has 8 amide bonds. The monoisotopic (exact) mass is 927 g/mol. The first-order chi connectivity index (χ1) is 31.0. The topological polar surface area (TPSA) is 276 Å². The number of rotatable bonds is 16. The highest BCUT2D eigenvalue weighted by molar-refractivity contribution is 5.98. The van der Waals surface area contributed by atoms with E-state index in [1.807, 2.05) is 20.8 Å². The van der Waals surface area contributed by atoms with Crippen LogP contribution in [0, 0.1) is 23.7 Å². The predicted molar refractivity (Wildman–Crippen MR) is 245 cm³/mol. The summed E-state index contributed by atoms with van der Waals surface area (Å²) in [6.45, 7) is 15.8. The fourth-order valence-corrected chi connectivity index (χ4v) is 7.97. The number of ether oxygens (including phenoxy) is 1. The van der Waals surface area contributed by atoms with Crippen molar-refractivity contribution in [2.75, 3.05) is 13.6 Å². The molecule has 368 valence electrons. The number of phenols is 1. The summed E-state index contributed by atoms with van der Waals surface area (Å²) in [5, 5.41) is 23.7. The van der Waals surface area contributed by atoms with Crippen LogP contribution in [0.25, 0.3) is 0 Å². The fourth-order valence-electron chi connectivity index (χ4n) is 7.97. The molecule has 6 unspecified atom stereocenters. The number of amides is 8. The molecule has 2 aliphatic heterocycles. The van der Waals surface area contributed by atoms with Gasteiger partial charge in [-0.25, -0.2) is 4.79 Å². The van der Waals surface area contributed by atoms with Crippen LogP contribution in [0.3, 0.4) is 0 Å². The third-order valence-electron chi connectivity index (χ3n) is 12.9. The summed E-state index contributed by atoms with van der Waals surface area (Å²) >= 11 is 0. The molecule has 19 heteroatoms. The number of phenolic OH excluding ortho intramolecular Hbond substituents is 1. The van der Waals surface area contributed by atoms with Crippen molar-refractivity contribution < 1.29 is 53.0 Å². The van der Waals surface area contributed by atoms with Crippen LogP contribution in [-0.4, -0.2) is 130 Å². The Morgan fingerprint density at radius 1 is 0.833 bits per heavy atom. The van der Waals surface area contributed by atoms with Gasteiger partial charge in [0, 0.05) is 32.4 Å². The molecule has 66 heavy (non-hydrogen) atoms. The average Bonchev–Trinajstić information content (AvgIpc) is 3.78. The number of nitrogens with one attached hydrogen (secondary N) is 5. The molecular formula is C47H74N8O11. The van der Waals surface area contributed by atoms with Crippen LogP contribution in [0.1, 0.15) is 119 Å². The lowest BCUT2D eigenvalue weighted by atomic mass is 9.95. The van der Waals surface area contributed by atoms with Gasteiger partial charge < -0.3 is 52.0 Å². The van der Waals surface area contributed by atoms with E-state index in [1.165, 1.54) is 35.9 Å². The van der Waals surface area contributed by atoms with Crippen LogP contribution in [0.2, 0.25) is 0 Å². The largest absolute Gasteiger partial charge is 0.508 e. The minimum Gasteiger partial charge on any atom is -0.508 e. The summed E-state index contributed by atoms with van der Waals surface area (Å²) < 4.78 is 5.95. The van der Waals surface area contributed by atoms with Crippen molar-refractivity contribution in [1.29, 1.82) is 0 Å². The van der Waals surface area contributed by atoms with Gasteiger partial charge in [0.05, 0.1) is 0 Å². The van der Waals surface area contributed by atoms with E-state index in [-0.39, 0.29) is 50.3 Å². The number of esters is 1. The standard InChI is InChI=1S/C47H74N8O11/c1-11-26(6)37-46(64)54(10)35(24-30-16-18-31(56)19-17-30)43(61)52-38(27(7)12-2)47(65)66-29(9)39(53-41(59)32(20-21-36(48)57)49-40(58)28(8)13-3)44(62)50-33(23-25(4)5)45(63)55-22-14-15-34(55)42(60)51-37/h16-19,25-29,32-35,37-39,56H,11-15,20-24H2,1-10H3,(H2,48,57)(H,49,58)(H,50,62)(H,51,60)(H,52,61)(H,53,59)/t26?,27?,28?,29-,32+,33+,34?,35?,37?,38+,39+/m1/s1. The second kappa shape index (κ2) is 25.2. The van der Waals surface area contributed by atoms with Crippen molar-refractivity contribution >= 4 is 53.2 Å². The molecule has 0 spiro atoms. The van der Waals surface area contributed by atoms with Gasteiger partial charge in [0.25, 0.3) is 0 Å². The van der Waals surface area contributed by atoms with Crippen LogP contribution >= 0.6 is 0 Å². The molecule has 0 radical (unpaired) electrons. The number of fused-ring (bicyclic) bond motifs is 1. The molecule has 1 aromatic rings. The van der Waals surface area contributed by atoms with E-state index in [1.54, 1.807) is 46.8 Å². The summed E-state index contributed by atoms with van der Waals surface area (Å²) in [6, 6.07) is -2.95. The van der Waals surface area contributed by atoms with Gasteiger partial charge in [-0.2, -0.15) is 0 Å². The van der Waals surface area contributed by atoms with Crippen molar-refractivity contribution in [1.82, 2.24) is 36.4 Å². The first-order valence-electron chi connectivity index (χ1n) is 23.4. The molecule has 0 saturated carbocycles. The van der Waals surface area contributed by atoms with Gasteiger partial charge in [0.2, 0.25) is 47.3 Å². The van der Waals surface area contributed by atoms with Gasteiger partial charge in [0.1, 0.15) is 54.1 Å². The first kappa shape index (κ1) is 54.6. The predicted octanol–water partition coefficient (Wildman–Crippen LogP) is 1.57. The highest BCUT2D eigenvalue weighted by Crippen LogP contribution is 2.24. The fraction of sp³-hybridized carbons (Fsp3) is 0.681. The van der Waals surface area contributed by atoms with E-state index in [0.29, 0.717) is 31.2 Å². The van der Waals surface area contributed by atoms with Crippen molar-refractivity contribution in [3.63, 3.8) is 0 Å².